The summed E-state index contributed by atoms with van der Waals surface area (Å²) in [5.41, 5.74) is 3.08. The van der Waals surface area contributed by atoms with E-state index in [1.165, 1.54) is 5.56 Å². The van der Waals surface area contributed by atoms with Gasteiger partial charge in [0.15, 0.2) is 0 Å². The fourth-order valence-electron chi connectivity index (χ4n) is 1.82. The van der Waals surface area contributed by atoms with Crippen molar-refractivity contribution in [2.45, 2.75) is 40.3 Å². The summed E-state index contributed by atoms with van der Waals surface area (Å²) in [4.78, 5) is 8.62. The Balaban J connectivity index is 2.13. The molecule has 2 aromatic heterocycles. The van der Waals surface area contributed by atoms with E-state index in [0.717, 1.165) is 17.9 Å². The Labute approximate surface area is 120 Å². The van der Waals surface area contributed by atoms with Gasteiger partial charge in [-0.05, 0) is 37.6 Å². The summed E-state index contributed by atoms with van der Waals surface area (Å²) >= 11 is 0. The molecule has 0 saturated carbocycles. The smallest absolute Gasteiger partial charge is 0.219 e. The van der Waals surface area contributed by atoms with E-state index in [2.05, 4.69) is 35.2 Å². The van der Waals surface area contributed by atoms with E-state index >= 15 is 0 Å². The molecule has 20 heavy (non-hydrogen) atoms. The highest BCUT2D eigenvalue weighted by atomic mass is 16.5. The molecule has 0 fully saturated rings. The minimum Gasteiger partial charge on any atom is -0.437 e. The summed E-state index contributed by atoms with van der Waals surface area (Å²) in [5.74, 6) is 1.31. The Hall–Kier alpha value is -1.94. The van der Waals surface area contributed by atoms with Crippen LogP contribution in [0.1, 0.15) is 30.8 Å². The maximum absolute atomic E-state index is 5.76. The molecule has 2 heterocycles. The lowest BCUT2D eigenvalue weighted by Gasteiger charge is -2.11. The van der Waals surface area contributed by atoms with Gasteiger partial charge in [-0.2, -0.15) is 0 Å². The predicted octanol–water partition coefficient (Wildman–Crippen LogP) is 3.38. The molecule has 0 unspecified atom stereocenters. The number of aromatic nitrogens is 2. The minimum absolute atomic E-state index is 0.453. The molecule has 0 bridgehead atoms. The Morgan fingerprint density at radius 1 is 1.15 bits per heavy atom. The zero-order valence-electron chi connectivity index (χ0n) is 12.5. The van der Waals surface area contributed by atoms with Crippen molar-refractivity contribution in [3.05, 3.63) is 47.4 Å². The molecule has 2 rings (SSSR count). The van der Waals surface area contributed by atoms with Crippen molar-refractivity contribution in [2.24, 2.45) is 0 Å². The Morgan fingerprint density at radius 2 is 1.95 bits per heavy atom. The molecule has 2 aromatic rings. The minimum atomic E-state index is 0.453. The summed E-state index contributed by atoms with van der Waals surface area (Å²) in [5, 5.41) is 3.39. The quantitative estimate of drug-likeness (QED) is 0.905. The highest BCUT2D eigenvalue weighted by Crippen LogP contribution is 2.20. The van der Waals surface area contributed by atoms with Crippen molar-refractivity contribution in [1.29, 1.82) is 0 Å². The molecule has 0 atom stereocenters. The summed E-state index contributed by atoms with van der Waals surface area (Å²) in [7, 11) is 0. The second kappa shape index (κ2) is 6.48. The lowest BCUT2D eigenvalue weighted by atomic mass is 10.2. The zero-order chi connectivity index (χ0) is 14.5. The van der Waals surface area contributed by atoms with Crippen molar-refractivity contribution in [3.8, 4) is 11.6 Å². The second-order valence-electron chi connectivity index (χ2n) is 5.23. The summed E-state index contributed by atoms with van der Waals surface area (Å²) in [6.45, 7) is 8.99. The van der Waals surface area contributed by atoms with Crippen LogP contribution in [0.4, 0.5) is 0 Å². The first-order valence-electron chi connectivity index (χ1n) is 6.84. The average molecular weight is 271 g/mol. The first-order chi connectivity index (χ1) is 9.52. The largest absolute Gasteiger partial charge is 0.437 e. The first-order valence-corrected chi connectivity index (χ1v) is 6.84. The van der Waals surface area contributed by atoms with Gasteiger partial charge in [-0.25, -0.2) is 4.98 Å². The van der Waals surface area contributed by atoms with E-state index in [4.69, 9.17) is 4.74 Å². The number of pyridine rings is 2. The van der Waals surface area contributed by atoms with E-state index in [1.54, 1.807) is 6.20 Å². The number of aryl methyl sites for hydroxylation is 2. The third-order valence-corrected chi connectivity index (χ3v) is 2.81. The Bertz CT molecular complexity index is 564. The van der Waals surface area contributed by atoms with E-state index in [-0.39, 0.29) is 0 Å². The third-order valence-electron chi connectivity index (χ3n) is 2.81. The Kier molecular flexibility index (Phi) is 4.69. The molecular weight excluding hydrogens is 250 g/mol. The standard InChI is InChI=1S/C16H21N3O/c1-11(2)17-9-14-7-13(4)19-16(8-14)20-15-6-5-12(3)18-10-15/h5-8,10-11,17H,9H2,1-4H3. The van der Waals surface area contributed by atoms with E-state index < -0.39 is 0 Å². The van der Waals surface area contributed by atoms with Gasteiger partial charge in [-0.1, -0.05) is 13.8 Å². The van der Waals surface area contributed by atoms with Crippen molar-refractivity contribution >= 4 is 0 Å². The maximum atomic E-state index is 5.76. The number of nitrogens with zero attached hydrogens (tertiary/aromatic N) is 2. The zero-order valence-corrected chi connectivity index (χ0v) is 12.5. The van der Waals surface area contributed by atoms with Gasteiger partial charge in [-0.15, -0.1) is 0 Å². The van der Waals surface area contributed by atoms with Gasteiger partial charge in [0, 0.05) is 30.0 Å². The van der Waals surface area contributed by atoms with E-state index in [9.17, 15) is 0 Å². The molecule has 106 valence electrons. The average Bonchev–Trinajstić information content (AvgIpc) is 2.38. The first kappa shape index (κ1) is 14.5. The number of ether oxygens (including phenoxy) is 1. The summed E-state index contributed by atoms with van der Waals surface area (Å²) in [6.07, 6.45) is 1.71. The third kappa shape index (κ3) is 4.31. The van der Waals surface area contributed by atoms with Crippen LogP contribution < -0.4 is 10.1 Å². The number of nitrogens with one attached hydrogen (secondary N) is 1. The van der Waals surface area contributed by atoms with Crippen molar-refractivity contribution in [2.75, 3.05) is 0 Å². The van der Waals surface area contributed by atoms with Gasteiger partial charge in [0.1, 0.15) is 5.75 Å². The molecule has 0 spiro atoms. The van der Waals surface area contributed by atoms with Crippen molar-refractivity contribution in [1.82, 2.24) is 15.3 Å². The van der Waals surface area contributed by atoms with E-state index in [0.29, 0.717) is 17.7 Å². The molecule has 1 N–H and O–H groups in total. The molecule has 0 aliphatic carbocycles. The Morgan fingerprint density at radius 3 is 2.60 bits per heavy atom. The van der Waals surface area contributed by atoms with Crippen molar-refractivity contribution < 1.29 is 4.74 Å². The molecule has 0 radical (unpaired) electrons. The molecule has 0 saturated heterocycles. The topological polar surface area (TPSA) is 47.0 Å². The number of hydrogen-bond acceptors (Lipinski definition) is 4. The number of hydrogen-bond donors (Lipinski definition) is 1. The monoisotopic (exact) mass is 271 g/mol. The van der Waals surface area contributed by atoms with Gasteiger partial charge in [0.2, 0.25) is 5.88 Å². The molecule has 0 aliphatic rings. The van der Waals surface area contributed by atoms with Crippen LogP contribution in [0, 0.1) is 13.8 Å². The maximum Gasteiger partial charge on any atom is 0.219 e. The fraction of sp³-hybridized carbons (Fsp3) is 0.375. The molecule has 4 nitrogen and oxygen atoms in total. The summed E-state index contributed by atoms with van der Waals surface area (Å²) < 4.78 is 5.76. The van der Waals surface area contributed by atoms with Crippen LogP contribution in [0.5, 0.6) is 11.6 Å². The fourth-order valence-corrected chi connectivity index (χ4v) is 1.82. The van der Waals surface area contributed by atoms with Crippen LogP contribution in [0.3, 0.4) is 0 Å². The van der Waals surface area contributed by atoms with Crippen molar-refractivity contribution in [3.63, 3.8) is 0 Å². The van der Waals surface area contributed by atoms with Crippen LogP contribution in [-0.4, -0.2) is 16.0 Å². The van der Waals surface area contributed by atoms with Crippen LogP contribution in [0.25, 0.3) is 0 Å². The van der Waals surface area contributed by atoms with E-state index in [1.807, 2.05) is 32.0 Å². The van der Waals surface area contributed by atoms with Crippen LogP contribution in [0.15, 0.2) is 30.5 Å². The predicted molar refractivity (Wildman–Crippen MR) is 80.0 cm³/mol. The van der Waals surface area contributed by atoms with Gasteiger partial charge < -0.3 is 10.1 Å². The SMILES string of the molecule is Cc1ccc(Oc2cc(CNC(C)C)cc(C)n2)cn1. The van der Waals surface area contributed by atoms with Gasteiger partial charge in [-0.3, -0.25) is 4.98 Å². The second-order valence-corrected chi connectivity index (χ2v) is 5.23. The van der Waals surface area contributed by atoms with Gasteiger partial charge in [0.25, 0.3) is 0 Å². The van der Waals surface area contributed by atoms with Crippen LogP contribution in [-0.2, 0) is 6.54 Å². The lowest BCUT2D eigenvalue weighted by molar-refractivity contribution is 0.457. The highest BCUT2D eigenvalue weighted by molar-refractivity contribution is 5.29. The summed E-state index contributed by atoms with van der Waals surface area (Å²) in [6, 6.07) is 8.30. The van der Waals surface area contributed by atoms with Crippen LogP contribution >= 0.6 is 0 Å². The molecule has 4 heteroatoms. The number of rotatable bonds is 5. The molecule has 0 aromatic carbocycles. The molecule has 0 amide bonds. The molecule has 0 aliphatic heterocycles. The molecular formula is C16H21N3O. The lowest BCUT2D eigenvalue weighted by Crippen LogP contribution is -2.21. The van der Waals surface area contributed by atoms with Crippen LogP contribution in [0.2, 0.25) is 0 Å². The highest BCUT2D eigenvalue weighted by Gasteiger charge is 2.04. The van der Waals surface area contributed by atoms with Gasteiger partial charge >= 0.3 is 0 Å². The van der Waals surface area contributed by atoms with Gasteiger partial charge in [0.05, 0.1) is 6.20 Å². The normalized spacial score (nSPS) is 10.8.